The second kappa shape index (κ2) is 10.1. The zero-order chi connectivity index (χ0) is 19.1. The van der Waals surface area contributed by atoms with Crippen molar-refractivity contribution in [3.8, 4) is 0 Å². The Kier molecular flexibility index (Phi) is 8.10. The van der Waals surface area contributed by atoms with E-state index < -0.39 is 0 Å². The second-order valence-corrected chi connectivity index (χ2v) is 8.15. The summed E-state index contributed by atoms with van der Waals surface area (Å²) in [6.45, 7) is 10.7. The Morgan fingerprint density at radius 2 is 2.08 bits per heavy atom. The third-order valence-corrected chi connectivity index (χ3v) is 6.06. The van der Waals surface area contributed by atoms with E-state index in [9.17, 15) is 9.59 Å². The molecular weight excluding hydrogens is 348 g/mol. The number of ether oxygens (including phenoxy) is 1. The molecule has 6 heteroatoms. The molecule has 0 aromatic carbocycles. The number of unbranched alkanes of at least 4 members (excludes halogenated alkanes) is 1. The largest absolute Gasteiger partial charge is 0.462 e. The number of nitrogens with zero attached hydrogens (tertiary/aromatic N) is 1. The minimum Gasteiger partial charge on any atom is -0.462 e. The van der Waals surface area contributed by atoms with E-state index >= 15 is 0 Å². The third-order valence-electron chi connectivity index (χ3n) is 4.89. The van der Waals surface area contributed by atoms with Gasteiger partial charge in [0, 0.05) is 4.88 Å². The summed E-state index contributed by atoms with van der Waals surface area (Å²) in [7, 11) is 0. The standard InChI is InChI=1S/C20H32N2O3S/c1-5-8-11-22(6-2)13-17(23)21-19-18(20(24)25-7-3)15-10-9-14(4)12-16(15)26-19/h14H,5-13H2,1-4H3,(H,21,23). The molecule has 1 aliphatic rings. The van der Waals surface area contributed by atoms with Crippen molar-refractivity contribution in [1.82, 2.24) is 4.90 Å². The van der Waals surface area contributed by atoms with Gasteiger partial charge in [0.25, 0.3) is 0 Å². The van der Waals surface area contributed by atoms with E-state index in [4.69, 9.17) is 4.74 Å². The van der Waals surface area contributed by atoms with E-state index in [1.54, 1.807) is 11.3 Å². The van der Waals surface area contributed by atoms with Crippen LogP contribution in [0.2, 0.25) is 0 Å². The highest BCUT2D eigenvalue weighted by Gasteiger charge is 2.29. The molecule has 1 atom stereocenters. The highest BCUT2D eigenvalue weighted by molar-refractivity contribution is 7.17. The van der Waals surface area contributed by atoms with Crippen molar-refractivity contribution in [2.24, 2.45) is 5.92 Å². The van der Waals surface area contributed by atoms with Crippen molar-refractivity contribution in [1.29, 1.82) is 0 Å². The molecule has 0 aliphatic heterocycles. The van der Waals surface area contributed by atoms with Gasteiger partial charge in [0.15, 0.2) is 0 Å². The monoisotopic (exact) mass is 380 g/mol. The van der Waals surface area contributed by atoms with Crippen LogP contribution in [0.25, 0.3) is 0 Å². The van der Waals surface area contributed by atoms with Gasteiger partial charge in [-0.2, -0.15) is 0 Å². The maximum Gasteiger partial charge on any atom is 0.341 e. The molecule has 1 amide bonds. The van der Waals surface area contributed by atoms with E-state index in [2.05, 4.69) is 31.0 Å². The van der Waals surface area contributed by atoms with E-state index in [0.717, 1.165) is 50.8 Å². The van der Waals surface area contributed by atoms with Gasteiger partial charge in [0.2, 0.25) is 5.91 Å². The van der Waals surface area contributed by atoms with Gasteiger partial charge in [0.1, 0.15) is 5.00 Å². The zero-order valence-corrected chi connectivity index (χ0v) is 17.3. The number of carbonyl (C=O) groups excluding carboxylic acids is 2. The lowest BCUT2D eigenvalue weighted by Crippen LogP contribution is -2.34. The fraction of sp³-hybridized carbons (Fsp3) is 0.700. The fourth-order valence-electron chi connectivity index (χ4n) is 3.36. The lowest BCUT2D eigenvalue weighted by molar-refractivity contribution is -0.117. The molecule has 1 unspecified atom stereocenters. The molecule has 0 saturated carbocycles. The summed E-state index contributed by atoms with van der Waals surface area (Å²) in [6, 6.07) is 0. The van der Waals surface area contributed by atoms with E-state index in [0.29, 0.717) is 29.6 Å². The zero-order valence-electron chi connectivity index (χ0n) is 16.5. The van der Waals surface area contributed by atoms with Crippen molar-refractivity contribution in [2.45, 2.75) is 59.8 Å². The van der Waals surface area contributed by atoms with Gasteiger partial charge in [-0.15, -0.1) is 11.3 Å². The summed E-state index contributed by atoms with van der Waals surface area (Å²) in [6.07, 6.45) is 5.12. The van der Waals surface area contributed by atoms with Gasteiger partial charge in [-0.05, 0) is 57.2 Å². The van der Waals surface area contributed by atoms with Crippen LogP contribution in [0.4, 0.5) is 5.00 Å². The van der Waals surface area contributed by atoms with Gasteiger partial charge in [0.05, 0.1) is 18.7 Å². The van der Waals surface area contributed by atoms with Crippen LogP contribution in [-0.2, 0) is 22.4 Å². The number of thiophene rings is 1. The highest BCUT2D eigenvalue weighted by atomic mass is 32.1. The molecule has 0 fully saturated rings. The van der Waals surface area contributed by atoms with Crippen LogP contribution in [0.15, 0.2) is 0 Å². The molecule has 1 heterocycles. The summed E-state index contributed by atoms with van der Waals surface area (Å²) >= 11 is 1.55. The number of rotatable bonds is 9. The smallest absolute Gasteiger partial charge is 0.341 e. The number of hydrogen-bond donors (Lipinski definition) is 1. The number of carbonyl (C=O) groups is 2. The van der Waals surface area contributed by atoms with Crippen LogP contribution in [-0.4, -0.2) is 43.0 Å². The number of nitrogens with one attached hydrogen (secondary N) is 1. The molecule has 1 N–H and O–H groups in total. The SMILES string of the molecule is CCCCN(CC)CC(=O)Nc1sc2c(c1C(=O)OCC)CCC(C)C2. The average molecular weight is 381 g/mol. The first-order valence-corrected chi connectivity index (χ1v) is 10.7. The van der Waals surface area contributed by atoms with Gasteiger partial charge < -0.3 is 10.1 Å². The minimum atomic E-state index is -0.312. The number of hydrogen-bond acceptors (Lipinski definition) is 5. The van der Waals surface area contributed by atoms with Crippen LogP contribution in [0, 0.1) is 5.92 Å². The molecule has 0 radical (unpaired) electrons. The predicted octanol–water partition coefficient (Wildman–Crippen LogP) is 4.11. The summed E-state index contributed by atoms with van der Waals surface area (Å²) in [4.78, 5) is 28.4. The molecule has 0 bridgehead atoms. The molecule has 0 spiro atoms. The normalized spacial score (nSPS) is 16.4. The summed E-state index contributed by atoms with van der Waals surface area (Å²) in [5, 5.41) is 3.67. The number of fused-ring (bicyclic) bond motifs is 1. The Bertz CT molecular complexity index is 627. The van der Waals surface area contributed by atoms with Crippen LogP contribution < -0.4 is 5.32 Å². The molecule has 146 valence electrons. The van der Waals surface area contributed by atoms with Crippen LogP contribution in [0.1, 0.15) is 67.8 Å². The predicted molar refractivity (Wildman–Crippen MR) is 107 cm³/mol. The first-order chi connectivity index (χ1) is 12.5. The number of esters is 1. The molecule has 2 rings (SSSR count). The molecule has 1 aromatic heterocycles. The molecular formula is C20H32N2O3S. The van der Waals surface area contributed by atoms with Gasteiger partial charge >= 0.3 is 5.97 Å². The maximum atomic E-state index is 12.6. The Hall–Kier alpha value is -1.40. The first-order valence-electron chi connectivity index (χ1n) is 9.83. The summed E-state index contributed by atoms with van der Waals surface area (Å²) in [5.74, 6) is 0.248. The average Bonchev–Trinajstić information content (AvgIpc) is 2.95. The number of anilines is 1. The fourth-order valence-corrected chi connectivity index (χ4v) is 4.77. The quantitative estimate of drug-likeness (QED) is 0.655. The Morgan fingerprint density at radius 1 is 1.31 bits per heavy atom. The Labute approximate surface area is 161 Å². The second-order valence-electron chi connectivity index (χ2n) is 7.05. The summed E-state index contributed by atoms with van der Waals surface area (Å²) in [5.41, 5.74) is 1.67. The molecule has 5 nitrogen and oxygen atoms in total. The summed E-state index contributed by atoms with van der Waals surface area (Å²) < 4.78 is 5.26. The van der Waals surface area contributed by atoms with E-state index in [1.807, 2.05) is 6.92 Å². The molecule has 1 aromatic rings. The van der Waals surface area contributed by atoms with Crippen molar-refractivity contribution in [2.75, 3.05) is 31.6 Å². The van der Waals surface area contributed by atoms with Crippen LogP contribution in [0.5, 0.6) is 0 Å². The van der Waals surface area contributed by atoms with Crippen molar-refractivity contribution in [3.05, 3.63) is 16.0 Å². The van der Waals surface area contributed by atoms with E-state index in [1.165, 1.54) is 4.88 Å². The van der Waals surface area contributed by atoms with E-state index in [-0.39, 0.29) is 11.9 Å². The Balaban J connectivity index is 2.17. The number of likely N-dealkylation sites (N-methyl/N-ethyl adjacent to an activating group) is 1. The highest BCUT2D eigenvalue weighted by Crippen LogP contribution is 2.40. The van der Waals surface area contributed by atoms with Crippen molar-refractivity contribution >= 4 is 28.2 Å². The molecule has 1 aliphatic carbocycles. The van der Waals surface area contributed by atoms with Gasteiger partial charge in [-0.25, -0.2) is 4.79 Å². The van der Waals surface area contributed by atoms with Crippen molar-refractivity contribution in [3.63, 3.8) is 0 Å². The number of amides is 1. The first kappa shape index (κ1) is 20.9. The van der Waals surface area contributed by atoms with Gasteiger partial charge in [-0.1, -0.05) is 27.2 Å². The maximum absolute atomic E-state index is 12.6. The minimum absolute atomic E-state index is 0.0554. The van der Waals surface area contributed by atoms with Crippen molar-refractivity contribution < 1.29 is 14.3 Å². The lowest BCUT2D eigenvalue weighted by Gasteiger charge is -2.19. The lowest BCUT2D eigenvalue weighted by atomic mass is 9.88. The van der Waals surface area contributed by atoms with Crippen LogP contribution in [0.3, 0.4) is 0 Å². The van der Waals surface area contributed by atoms with Gasteiger partial charge in [-0.3, -0.25) is 9.69 Å². The Morgan fingerprint density at radius 3 is 2.73 bits per heavy atom. The molecule has 0 saturated heterocycles. The van der Waals surface area contributed by atoms with Crippen LogP contribution >= 0.6 is 11.3 Å². The third kappa shape index (κ3) is 5.30. The topological polar surface area (TPSA) is 58.6 Å². The molecule has 26 heavy (non-hydrogen) atoms.